The molecule has 0 bridgehead atoms. The monoisotopic (exact) mass is 280 g/mol. The average molecular weight is 280 g/mol. The highest BCUT2D eigenvalue weighted by molar-refractivity contribution is 7.80. The molecular weight excluding hydrogens is 260 g/mol. The van der Waals surface area contributed by atoms with Crippen molar-refractivity contribution < 1.29 is 9.90 Å². The first kappa shape index (κ1) is 15.4. The fourth-order valence-corrected chi connectivity index (χ4v) is 1.88. The van der Waals surface area contributed by atoms with Gasteiger partial charge in [0.15, 0.2) is 0 Å². The zero-order valence-corrected chi connectivity index (χ0v) is 12.1. The largest absolute Gasteiger partial charge is 0.507 e. The van der Waals surface area contributed by atoms with E-state index in [9.17, 15) is 9.90 Å². The van der Waals surface area contributed by atoms with Crippen LogP contribution in [-0.2, 0) is 0 Å². The van der Waals surface area contributed by atoms with Gasteiger partial charge in [-0.2, -0.15) is 0 Å². The predicted octanol–water partition coefficient (Wildman–Crippen LogP) is 2.17. The zero-order valence-electron chi connectivity index (χ0n) is 11.3. The van der Waals surface area contributed by atoms with Crippen molar-refractivity contribution in [2.45, 2.75) is 20.3 Å². The molecule has 5 heteroatoms. The molecule has 1 aromatic rings. The van der Waals surface area contributed by atoms with E-state index in [1.807, 2.05) is 13.8 Å². The van der Waals surface area contributed by atoms with Crippen molar-refractivity contribution in [3.05, 3.63) is 29.8 Å². The van der Waals surface area contributed by atoms with Gasteiger partial charge in [-0.15, -0.1) is 0 Å². The minimum Gasteiger partial charge on any atom is -0.507 e. The lowest BCUT2D eigenvalue weighted by Crippen LogP contribution is -2.36. The summed E-state index contributed by atoms with van der Waals surface area (Å²) in [5.41, 5.74) is 5.80. The van der Waals surface area contributed by atoms with E-state index in [1.54, 1.807) is 23.1 Å². The summed E-state index contributed by atoms with van der Waals surface area (Å²) < 4.78 is 0. The molecule has 3 N–H and O–H groups in total. The van der Waals surface area contributed by atoms with Crippen LogP contribution in [0, 0.1) is 5.92 Å². The van der Waals surface area contributed by atoms with Gasteiger partial charge < -0.3 is 15.7 Å². The van der Waals surface area contributed by atoms with Crippen molar-refractivity contribution in [3.8, 4) is 5.75 Å². The van der Waals surface area contributed by atoms with Crippen LogP contribution in [0.2, 0.25) is 0 Å². The number of nitrogens with zero attached hydrogens (tertiary/aromatic N) is 1. The van der Waals surface area contributed by atoms with Crippen LogP contribution in [0.1, 0.15) is 30.6 Å². The standard InChI is InChI=1S/C14H20N2O2S/c1-10(2)9-16(8-7-13(15)19)14(18)11-5-3-4-6-12(11)17/h3-6,10,17H,7-9H2,1-2H3,(H2,15,19). The number of amides is 1. The Kier molecular flexibility index (Phi) is 5.76. The molecule has 0 radical (unpaired) electrons. The summed E-state index contributed by atoms with van der Waals surface area (Å²) >= 11 is 4.85. The van der Waals surface area contributed by atoms with E-state index in [1.165, 1.54) is 6.07 Å². The molecule has 0 aliphatic carbocycles. The van der Waals surface area contributed by atoms with Crippen molar-refractivity contribution in [2.75, 3.05) is 13.1 Å². The van der Waals surface area contributed by atoms with Crippen LogP contribution < -0.4 is 5.73 Å². The molecule has 0 heterocycles. The summed E-state index contributed by atoms with van der Waals surface area (Å²) in [7, 11) is 0. The number of carbonyl (C=O) groups excluding carboxylic acids is 1. The van der Waals surface area contributed by atoms with Crippen molar-refractivity contribution in [2.24, 2.45) is 11.7 Å². The van der Waals surface area contributed by atoms with Crippen LogP contribution in [0.4, 0.5) is 0 Å². The second-order valence-electron chi connectivity index (χ2n) is 4.88. The smallest absolute Gasteiger partial charge is 0.257 e. The maximum atomic E-state index is 12.4. The molecule has 0 fully saturated rings. The van der Waals surface area contributed by atoms with Gasteiger partial charge in [0.1, 0.15) is 5.75 Å². The molecule has 104 valence electrons. The molecule has 0 atom stereocenters. The van der Waals surface area contributed by atoms with Crippen LogP contribution in [0.5, 0.6) is 5.75 Å². The molecule has 0 aliphatic heterocycles. The number of benzene rings is 1. The van der Waals surface area contributed by atoms with Crippen LogP contribution in [0.25, 0.3) is 0 Å². The Morgan fingerprint density at radius 2 is 2.05 bits per heavy atom. The lowest BCUT2D eigenvalue weighted by atomic mass is 10.1. The van der Waals surface area contributed by atoms with Gasteiger partial charge >= 0.3 is 0 Å². The van der Waals surface area contributed by atoms with Gasteiger partial charge in [-0.1, -0.05) is 38.2 Å². The van der Waals surface area contributed by atoms with E-state index in [0.29, 0.717) is 36.0 Å². The number of phenolic OH excluding ortho intramolecular Hbond substituents is 1. The van der Waals surface area contributed by atoms with Crippen molar-refractivity contribution in [1.29, 1.82) is 0 Å². The number of carbonyl (C=O) groups is 1. The highest BCUT2D eigenvalue weighted by Gasteiger charge is 2.19. The summed E-state index contributed by atoms with van der Waals surface area (Å²) in [6.45, 7) is 5.15. The molecule has 19 heavy (non-hydrogen) atoms. The Labute approximate surface area is 119 Å². The van der Waals surface area contributed by atoms with Crippen LogP contribution >= 0.6 is 12.2 Å². The predicted molar refractivity (Wildman–Crippen MR) is 80.3 cm³/mol. The average Bonchev–Trinajstić information content (AvgIpc) is 2.33. The molecule has 0 spiro atoms. The van der Waals surface area contributed by atoms with Crippen molar-refractivity contribution in [3.63, 3.8) is 0 Å². The Hall–Kier alpha value is -1.62. The van der Waals surface area contributed by atoms with Crippen LogP contribution in [0.15, 0.2) is 24.3 Å². The Bertz CT molecular complexity index is 461. The summed E-state index contributed by atoms with van der Waals surface area (Å²) in [6, 6.07) is 6.54. The zero-order chi connectivity index (χ0) is 14.4. The van der Waals surface area contributed by atoms with Gasteiger partial charge in [0.05, 0.1) is 10.6 Å². The number of thiocarbonyl (C=S) groups is 1. The number of nitrogens with two attached hydrogens (primary N) is 1. The SMILES string of the molecule is CC(C)CN(CCC(N)=S)C(=O)c1ccccc1O. The third-order valence-electron chi connectivity index (χ3n) is 2.64. The van der Waals surface area contributed by atoms with E-state index in [4.69, 9.17) is 18.0 Å². The van der Waals surface area contributed by atoms with Gasteiger partial charge in [-0.3, -0.25) is 4.79 Å². The van der Waals surface area contributed by atoms with Crippen molar-refractivity contribution in [1.82, 2.24) is 4.90 Å². The molecule has 0 aromatic heterocycles. The first-order chi connectivity index (χ1) is 8.91. The Morgan fingerprint density at radius 3 is 2.58 bits per heavy atom. The Morgan fingerprint density at radius 1 is 1.42 bits per heavy atom. The molecule has 0 saturated heterocycles. The van der Waals surface area contributed by atoms with Crippen LogP contribution in [-0.4, -0.2) is 34.0 Å². The van der Waals surface area contributed by atoms with Gasteiger partial charge in [-0.05, 0) is 18.1 Å². The Balaban J connectivity index is 2.87. The quantitative estimate of drug-likeness (QED) is 0.784. The van der Waals surface area contributed by atoms with E-state index < -0.39 is 0 Å². The number of aromatic hydroxyl groups is 1. The van der Waals surface area contributed by atoms with E-state index >= 15 is 0 Å². The minimum absolute atomic E-state index is 0.00317. The summed E-state index contributed by atoms with van der Waals surface area (Å²) in [6.07, 6.45) is 0.487. The topological polar surface area (TPSA) is 66.6 Å². The molecule has 1 amide bonds. The highest BCUT2D eigenvalue weighted by atomic mass is 32.1. The molecule has 0 unspecified atom stereocenters. The highest BCUT2D eigenvalue weighted by Crippen LogP contribution is 2.18. The number of rotatable bonds is 6. The number of hydrogen-bond donors (Lipinski definition) is 2. The molecule has 4 nitrogen and oxygen atoms in total. The number of hydrogen-bond acceptors (Lipinski definition) is 3. The lowest BCUT2D eigenvalue weighted by molar-refractivity contribution is 0.0738. The summed E-state index contributed by atoms with van der Waals surface area (Å²) in [5.74, 6) is 0.140. The van der Waals surface area contributed by atoms with Gasteiger partial charge in [0.2, 0.25) is 0 Å². The summed E-state index contributed by atoms with van der Waals surface area (Å²) in [4.78, 5) is 14.5. The maximum absolute atomic E-state index is 12.4. The van der Waals surface area contributed by atoms with E-state index in [2.05, 4.69) is 0 Å². The third kappa shape index (κ3) is 4.87. The van der Waals surface area contributed by atoms with Gasteiger partial charge in [0.25, 0.3) is 5.91 Å². The minimum atomic E-state index is -0.192. The van der Waals surface area contributed by atoms with E-state index in [-0.39, 0.29) is 11.7 Å². The maximum Gasteiger partial charge on any atom is 0.257 e. The molecular formula is C14H20N2O2S. The fourth-order valence-electron chi connectivity index (χ4n) is 1.79. The number of phenols is 1. The van der Waals surface area contributed by atoms with Gasteiger partial charge in [-0.25, -0.2) is 0 Å². The normalized spacial score (nSPS) is 10.5. The fraction of sp³-hybridized carbons (Fsp3) is 0.429. The third-order valence-corrected chi connectivity index (χ3v) is 2.84. The number of para-hydroxylation sites is 1. The summed E-state index contributed by atoms with van der Waals surface area (Å²) in [5, 5.41) is 9.74. The van der Waals surface area contributed by atoms with Gasteiger partial charge in [0, 0.05) is 19.5 Å². The molecule has 1 aromatic carbocycles. The lowest BCUT2D eigenvalue weighted by Gasteiger charge is -2.24. The molecule has 0 aliphatic rings. The molecule has 1 rings (SSSR count). The first-order valence-electron chi connectivity index (χ1n) is 6.27. The second kappa shape index (κ2) is 7.09. The molecule has 0 saturated carbocycles. The van der Waals surface area contributed by atoms with Crippen LogP contribution in [0.3, 0.4) is 0 Å². The second-order valence-corrected chi connectivity index (χ2v) is 5.40. The van der Waals surface area contributed by atoms with E-state index in [0.717, 1.165) is 0 Å². The van der Waals surface area contributed by atoms with Crippen molar-refractivity contribution >= 4 is 23.1 Å². The first-order valence-corrected chi connectivity index (χ1v) is 6.68.